The lowest BCUT2D eigenvalue weighted by atomic mass is 9.95. The Morgan fingerprint density at radius 1 is 1.24 bits per heavy atom. The van der Waals surface area contributed by atoms with Crippen LogP contribution in [0.15, 0.2) is 30.5 Å². The normalized spacial score (nSPS) is 17.4. The highest BCUT2D eigenvalue weighted by Crippen LogP contribution is 2.29. The van der Waals surface area contributed by atoms with E-state index in [9.17, 15) is 4.79 Å². The smallest absolute Gasteiger partial charge is 0.272 e. The molecule has 2 heterocycles. The fourth-order valence-electron chi connectivity index (χ4n) is 3.47. The molecule has 134 valence electrons. The van der Waals surface area contributed by atoms with Crippen LogP contribution in [0.5, 0.6) is 11.5 Å². The monoisotopic (exact) mass is 343 g/mol. The number of piperidine rings is 1. The van der Waals surface area contributed by atoms with Crippen molar-refractivity contribution in [1.82, 2.24) is 15.1 Å². The summed E-state index contributed by atoms with van der Waals surface area (Å²) in [6, 6.07) is 8.01. The molecule has 0 radical (unpaired) electrons. The average molecular weight is 343 g/mol. The number of nitrogens with one attached hydrogen (secondary N) is 1. The van der Waals surface area contributed by atoms with Crippen LogP contribution < -0.4 is 9.47 Å². The maximum atomic E-state index is 12.7. The summed E-state index contributed by atoms with van der Waals surface area (Å²) >= 11 is 0. The van der Waals surface area contributed by atoms with Gasteiger partial charge in [0.25, 0.3) is 5.91 Å². The molecule has 6 nitrogen and oxygen atoms in total. The minimum Gasteiger partial charge on any atom is -0.493 e. The second-order valence-electron chi connectivity index (χ2n) is 6.35. The molecule has 0 bridgehead atoms. The van der Waals surface area contributed by atoms with Gasteiger partial charge in [0.1, 0.15) is 5.69 Å². The minimum absolute atomic E-state index is 0.0505. The van der Waals surface area contributed by atoms with Gasteiger partial charge in [0.15, 0.2) is 11.5 Å². The zero-order valence-electron chi connectivity index (χ0n) is 14.8. The summed E-state index contributed by atoms with van der Waals surface area (Å²) in [7, 11) is 3.28. The van der Waals surface area contributed by atoms with E-state index >= 15 is 0 Å². The van der Waals surface area contributed by atoms with Gasteiger partial charge in [-0.1, -0.05) is 6.07 Å². The lowest BCUT2D eigenvalue weighted by Gasteiger charge is -2.35. The van der Waals surface area contributed by atoms with Crippen molar-refractivity contribution >= 4 is 5.91 Å². The molecule has 0 unspecified atom stereocenters. The number of likely N-dealkylation sites (tertiary alicyclic amines) is 1. The predicted octanol–water partition coefficient (Wildman–Crippen LogP) is 3.05. The zero-order chi connectivity index (χ0) is 17.6. The largest absolute Gasteiger partial charge is 0.493 e. The second kappa shape index (κ2) is 8.05. The molecule has 2 aromatic rings. The molecule has 1 aliphatic heterocycles. The Morgan fingerprint density at radius 3 is 2.80 bits per heavy atom. The summed E-state index contributed by atoms with van der Waals surface area (Å²) in [4.78, 5) is 14.7. The molecule has 1 fully saturated rings. The lowest BCUT2D eigenvalue weighted by molar-refractivity contribution is 0.0596. The standard InChI is InChI=1S/C19H25N3O3/c1-24-17-9-7-14(13-18(17)25-2)6-8-15-5-3-4-12-22(15)19(23)16-10-11-20-21-16/h7,9-11,13,15H,3-6,8,12H2,1-2H3,(H,20,21)/t15-/m0/s1. The summed E-state index contributed by atoms with van der Waals surface area (Å²) in [6.07, 6.45) is 6.74. The average Bonchev–Trinajstić information content (AvgIpc) is 3.20. The van der Waals surface area contributed by atoms with E-state index in [2.05, 4.69) is 16.3 Å². The van der Waals surface area contributed by atoms with Gasteiger partial charge in [-0.25, -0.2) is 0 Å². The van der Waals surface area contributed by atoms with Gasteiger partial charge in [0, 0.05) is 18.8 Å². The van der Waals surface area contributed by atoms with Crippen molar-refractivity contribution in [3.8, 4) is 11.5 Å². The third-order valence-electron chi connectivity index (χ3n) is 4.83. The number of H-pyrrole nitrogens is 1. The van der Waals surface area contributed by atoms with Crippen molar-refractivity contribution in [3.05, 3.63) is 41.7 Å². The fraction of sp³-hybridized carbons (Fsp3) is 0.474. The molecule has 0 saturated carbocycles. The van der Waals surface area contributed by atoms with Gasteiger partial charge >= 0.3 is 0 Å². The highest BCUT2D eigenvalue weighted by molar-refractivity contribution is 5.92. The van der Waals surface area contributed by atoms with Gasteiger partial charge in [0.05, 0.1) is 14.2 Å². The molecular weight excluding hydrogens is 318 g/mol. The first kappa shape index (κ1) is 17.3. The quantitative estimate of drug-likeness (QED) is 0.875. The first-order valence-electron chi connectivity index (χ1n) is 8.74. The molecular formula is C19H25N3O3. The van der Waals surface area contributed by atoms with Gasteiger partial charge < -0.3 is 14.4 Å². The summed E-state index contributed by atoms with van der Waals surface area (Å²) in [5.41, 5.74) is 1.76. The fourth-order valence-corrected chi connectivity index (χ4v) is 3.47. The van der Waals surface area contributed by atoms with Crippen LogP contribution in [0.25, 0.3) is 0 Å². The molecule has 0 spiro atoms. The molecule has 1 aromatic carbocycles. The number of amides is 1. The molecule has 1 saturated heterocycles. The van der Waals surface area contributed by atoms with Crippen molar-refractivity contribution in [3.63, 3.8) is 0 Å². The molecule has 1 amide bonds. The Balaban J connectivity index is 1.67. The number of nitrogens with zero attached hydrogens (tertiary/aromatic N) is 2. The number of benzene rings is 1. The van der Waals surface area contributed by atoms with E-state index in [-0.39, 0.29) is 11.9 Å². The molecule has 25 heavy (non-hydrogen) atoms. The van der Waals surface area contributed by atoms with E-state index in [0.717, 1.165) is 43.7 Å². The van der Waals surface area contributed by atoms with Crippen molar-refractivity contribution in [1.29, 1.82) is 0 Å². The number of aryl methyl sites for hydroxylation is 1. The number of carbonyl (C=O) groups excluding carboxylic acids is 1. The number of carbonyl (C=O) groups is 1. The highest BCUT2D eigenvalue weighted by atomic mass is 16.5. The number of rotatable bonds is 6. The predicted molar refractivity (Wildman–Crippen MR) is 95.1 cm³/mol. The highest BCUT2D eigenvalue weighted by Gasteiger charge is 2.27. The van der Waals surface area contributed by atoms with Crippen molar-refractivity contribution in [2.24, 2.45) is 0 Å². The third kappa shape index (κ3) is 3.95. The maximum absolute atomic E-state index is 12.7. The van der Waals surface area contributed by atoms with Gasteiger partial charge in [-0.15, -0.1) is 0 Å². The molecule has 1 N–H and O–H groups in total. The Morgan fingerprint density at radius 2 is 2.08 bits per heavy atom. The topological polar surface area (TPSA) is 67.5 Å². The Hall–Kier alpha value is -2.50. The summed E-state index contributed by atoms with van der Waals surface area (Å²) < 4.78 is 10.7. The Labute approximate surface area is 148 Å². The first-order valence-corrected chi connectivity index (χ1v) is 8.74. The molecule has 0 aliphatic carbocycles. The number of hydrogen-bond donors (Lipinski definition) is 1. The van der Waals surface area contributed by atoms with Crippen molar-refractivity contribution in [2.45, 2.75) is 38.1 Å². The third-order valence-corrected chi connectivity index (χ3v) is 4.83. The number of methoxy groups -OCH3 is 2. The van der Waals surface area contributed by atoms with Crippen LogP contribution in [-0.2, 0) is 6.42 Å². The molecule has 3 rings (SSSR count). The first-order chi connectivity index (χ1) is 12.2. The van der Waals surface area contributed by atoms with Crippen LogP contribution in [-0.4, -0.2) is 47.8 Å². The van der Waals surface area contributed by atoms with E-state index in [1.54, 1.807) is 26.5 Å². The van der Waals surface area contributed by atoms with Gasteiger partial charge in [-0.05, 0) is 55.9 Å². The summed E-state index contributed by atoms with van der Waals surface area (Å²) in [6.45, 7) is 0.814. The molecule has 1 aromatic heterocycles. The lowest BCUT2D eigenvalue weighted by Crippen LogP contribution is -2.44. The number of hydrogen-bond acceptors (Lipinski definition) is 4. The van der Waals surface area contributed by atoms with Crippen LogP contribution in [0, 0.1) is 0 Å². The van der Waals surface area contributed by atoms with Crippen LogP contribution in [0.2, 0.25) is 0 Å². The number of aromatic nitrogens is 2. The van der Waals surface area contributed by atoms with Crippen molar-refractivity contribution < 1.29 is 14.3 Å². The Bertz CT molecular complexity index is 700. The maximum Gasteiger partial charge on any atom is 0.272 e. The summed E-state index contributed by atoms with van der Waals surface area (Å²) in [5.74, 6) is 1.53. The molecule has 1 aliphatic rings. The molecule has 1 atom stereocenters. The van der Waals surface area contributed by atoms with Gasteiger partial charge in [-0.2, -0.15) is 5.10 Å². The Kier molecular flexibility index (Phi) is 5.58. The van der Waals surface area contributed by atoms with E-state index < -0.39 is 0 Å². The van der Waals surface area contributed by atoms with Crippen LogP contribution in [0.4, 0.5) is 0 Å². The SMILES string of the molecule is COc1ccc(CC[C@@H]2CCCCN2C(=O)c2ccn[nH]2)cc1OC. The van der Waals surface area contributed by atoms with E-state index in [1.165, 1.54) is 12.0 Å². The van der Waals surface area contributed by atoms with Crippen molar-refractivity contribution in [2.75, 3.05) is 20.8 Å². The molecule has 6 heteroatoms. The second-order valence-corrected chi connectivity index (χ2v) is 6.35. The number of ether oxygens (including phenoxy) is 2. The van der Waals surface area contributed by atoms with Gasteiger partial charge in [0.2, 0.25) is 0 Å². The van der Waals surface area contributed by atoms with E-state index in [1.807, 2.05) is 17.0 Å². The van der Waals surface area contributed by atoms with E-state index in [4.69, 9.17) is 9.47 Å². The number of aromatic amines is 1. The summed E-state index contributed by atoms with van der Waals surface area (Å²) in [5, 5.41) is 6.68. The van der Waals surface area contributed by atoms with Crippen LogP contribution in [0.3, 0.4) is 0 Å². The zero-order valence-corrected chi connectivity index (χ0v) is 14.8. The van der Waals surface area contributed by atoms with Gasteiger partial charge in [-0.3, -0.25) is 9.89 Å². The van der Waals surface area contributed by atoms with Crippen LogP contribution in [0.1, 0.15) is 41.7 Å². The minimum atomic E-state index is 0.0505. The van der Waals surface area contributed by atoms with E-state index in [0.29, 0.717) is 5.69 Å². The van der Waals surface area contributed by atoms with Crippen LogP contribution >= 0.6 is 0 Å².